The predicted molar refractivity (Wildman–Crippen MR) is 131 cm³/mol. The van der Waals surface area contributed by atoms with E-state index in [-0.39, 0.29) is 5.91 Å². The Balaban J connectivity index is 1.36. The maximum Gasteiger partial charge on any atom is 0.270 e. The quantitative estimate of drug-likeness (QED) is 0.479. The molecule has 1 fully saturated rings. The van der Waals surface area contributed by atoms with Crippen molar-refractivity contribution in [2.45, 2.75) is 18.9 Å². The zero-order valence-electron chi connectivity index (χ0n) is 18.4. The summed E-state index contributed by atoms with van der Waals surface area (Å²) in [5.41, 5.74) is 2.40. The number of fused-ring (bicyclic) bond motifs is 4. The highest BCUT2D eigenvalue weighted by Crippen LogP contribution is 2.45. The summed E-state index contributed by atoms with van der Waals surface area (Å²) in [6.45, 7) is 2.03. The lowest BCUT2D eigenvalue weighted by Gasteiger charge is -2.22. The van der Waals surface area contributed by atoms with Crippen molar-refractivity contribution in [2.24, 2.45) is 0 Å². The molecule has 168 valence electrons. The normalized spacial score (nSPS) is 16.6. The van der Waals surface area contributed by atoms with Crippen LogP contribution in [0.2, 0.25) is 0 Å². The van der Waals surface area contributed by atoms with Crippen LogP contribution in [0.4, 0.5) is 28.8 Å². The van der Waals surface area contributed by atoms with Crippen molar-refractivity contribution in [1.29, 1.82) is 0 Å². The molecule has 1 saturated heterocycles. The molecule has 5 heterocycles. The number of rotatable bonds is 3. The van der Waals surface area contributed by atoms with Gasteiger partial charge in [0.1, 0.15) is 10.6 Å². The Kier molecular flexibility index (Phi) is 4.77. The predicted octanol–water partition coefficient (Wildman–Crippen LogP) is 3.91. The third-order valence-corrected chi connectivity index (χ3v) is 7.52. The van der Waals surface area contributed by atoms with Gasteiger partial charge in [-0.1, -0.05) is 18.2 Å². The Bertz CT molecular complexity index is 1360. The lowest BCUT2D eigenvalue weighted by Crippen LogP contribution is -2.29. The van der Waals surface area contributed by atoms with Gasteiger partial charge in [0, 0.05) is 30.4 Å². The minimum absolute atomic E-state index is 0.0515. The first-order valence-corrected chi connectivity index (χ1v) is 11.8. The third kappa shape index (κ3) is 3.33. The van der Waals surface area contributed by atoms with E-state index in [9.17, 15) is 4.79 Å². The standard InChI is InChI=1S/C23H24N8OS/c1-29-17-12-25-23(27-14-11-26-31(13-14)15-7-9-24-10-8-15)28-21(17)30(2)19-16-5-3-4-6-18(16)33-20(19)22(29)32/h3-6,11-13,15,24H,7-10H2,1-2H3,(H,25,27,28). The van der Waals surface area contributed by atoms with Crippen LogP contribution >= 0.6 is 11.3 Å². The first kappa shape index (κ1) is 20.1. The van der Waals surface area contributed by atoms with Crippen molar-refractivity contribution >= 4 is 56.2 Å². The SMILES string of the molecule is CN1C(=O)c2sc3ccccc3c2N(C)c2nc(Nc3cnn(C4CCNCC4)c3)ncc21. The van der Waals surface area contributed by atoms with Crippen LogP contribution in [-0.4, -0.2) is 52.8 Å². The van der Waals surface area contributed by atoms with Gasteiger partial charge in [0.25, 0.3) is 5.91 Å². The highest BCUT2D eigenvalue weighted by molar-refractivity contribution is 7.21. The zero-order chi connectivity index (χ0) is 22.5. The second-order valence-corrected chi connectivity index (χ2v) is 9.47. The third-order valence-electron chi connectivity index (χ3n) is 6.37. The largest absolute Gasteiger partial charge is 0.326 e. The van der Waals surface area contributed by atoms with E-state index in [1.807, 2.05) is 41.0 Å². The van der Waals surface area contributed by atoms with E-state index in [2.05, 4.69) is 26.8 Å². The average molecular weight is 461 g/mol. The molecular weight excluding hydrogens is 436 g/mol. The van der Waals surface area contributed by atoms with E-state index < -0.39 is 0 Å². The van der Waals surface area contributed by atoms with E-state index >= 15 is 0 Å². The highest BCUT2D eigenvalue weighted by atomic mass is 32.1. The Morgan fingerprint density at radius 2 is 1.94 bits per heavy atom. The monoisotopic (exact) mass is 460 g/mol. The molecule has 4 aromatic rings. The number of nitrogens with one attached hydrogen (secondary N) is 2. The van der Waals surface area contributed by atoms with Crippen LogP contribution in [0.15, 0.2) is 42.9 Å². The van der Waals surface area contributed by atoms with Gasteiger partial charge in [-0.05, 0) is 32.0 Å². The van der Waals surface area contributed by atoms with E-state index in [4.69, 9.17) is 4.98 Å². The van der Waals surface area contributed by atoms with Gasteiger partial charge in [-0.25, -0.2) is 4.98 Å². The molecule has 1 amide bonds. The molecule has 9 nitrogen and oxygen atoms in total. The smallest absolute Gasteiger partial charge is 0.270 e. The summed E-state index contributed by atoms with van der Waals surface area (Å²) in [7, 11) is 3.73. The summed E-state index contributed by atoms with van der Waals surface area (Å²) in [4.78, 5) is 26.9. The molecule has 2 aliphatic rings. The number of nitrogens with zero attached hydrogens (tertiary/aromatic N) is 6. The number of thiophene rings is 1. The van der Waals surface area contributed by atoms with Crippen LogP contribution in [0.3, 0.4) is 0 Å². The number of carbonyl (C=O) groups is 1. The molecule has 0 aliphatic carbocycles. The van der Waals surface area contributed by atoms with Crippen LogP contribution in [-0.2, 0) is 0 Å². The fraction of sp³-hybridized carbons (Fsp3) is 0.304. The molecule has 0 atom stereocenters. The second-order valence-electron chi connectivity index (χ2n) is 8.42. The molecule has 0 radical (unpaired) electrons. The van der Waals surface area contributed by atoms with Crippen molar-refractivity contribution in [2.75, 3.05) is 42.3 Å². The van der Waals surface area contributed by atoms with E-state index in [0.29, 0.717) is 28.4 Å². The van der Waals surface area contributed by atoms with E-state index in [1.54, 1.807) is 24.3 Å². The maximum absolute atomic E-state index is 13.3. The molecule has 2 aliphatic heterocycles. The summed E-state index contributed by atoms with van der Waals surface area (Å²) in [5, 5.41) is 12.3. The summed E-state index contributed by atoms with van der Waals surface area (Å²) >= 11 is 1.51. The van der Waals surface area contributed by atoms with Gasteiger partial charge >= 0.3 is 0 Å². The van der Waals surface area contributed by atoms with Crippen molar-refractivity contribution in [3.8, 4) is 0 Å². The topological polar surface area (TPSA) is 91.2 Å². The maximum atomic E-state index is 13.3. The number of benzene rings is 1. The lowest BCUT2D eigenvalue weighted by atomic mass is 10.1. The van der Waals surface area contributed by atoms with Crippen molar-refractivity contribution < 1.29 is 4.79 Å². The van der Waals surface area contributed by atoms with E-state index in [1.165, 1.54) is 11.3 Å². The molecule has 6 rings (SSSR count). The Morgan fingerprint density at radius 1 is 1.12 bits per heavy atom. The number of anilines is 5. The Morgan fingerprint density at radius 3 is 2.79 bits per heavy atom. The van der Waals surface area contributed by atoms with Gasteiger partial charge in [0.2, 0.25) is 5.95 Å². The van der Waals surface area contributed by atoms with Gasteiger partial charge in [-0.2, -0.15) is 10.1 Å². The van der Waals surface area contributed by atoms with Gasteiger partial charge < -0.3 is 20.4 Å². The van der Waals surface area contributed by atoms with Gasteiger partial charge in [0.05, 0.1) is 29.8 Å². The Hall–Kier alpha value is -3.50. The molecule has 0 spiro atoms. The van der Waals surface area contributed by atoms with Gasteiger partial charge in [0.15, 0.2) is 5.82 Å². The number of aromatic nitrogens is 4. The number of carbonyl (C=O) groups excluding carboxylic acids is 1. The summed E-state index contributed by atoms with van der Waals surface area (Å²) in [6.07, 6.45) is 7.65. The van der Waals surface area contributed by atoms with Crippen molar-refractivity contribution in [3.05, 3.63) is 47.7 Å². The summed E-state index contributed by atoms with van der Waals surface area (Å²) < 4.78 is 3.10. The molecule has 1 aromatic carbocycles. The van der Waals surface area contributed by atoms with Gasteiger partial charge in [-0.3, -0.25) is 9.48 Å². The number of piperidine rings is 1. The van der Waals surface area contributed by atoms with Crippen LogP contribution in [0.5, 0.6) is 0 Å². The molecule has 0 bridgehead atoms. The lowest BCUT2D eigenvalue weighted by molar-refractivity contribution is 0.0998. The first-order chi connectivity index (χ1) is 16.1. The van der Waals surface area contributed by atoms with E-state index in [0.717, 1.165) is 47.4 Å². The molecule has 3 aromatic heterocycles. The summed E-state index contributed by atoms with van der Waals surface area (Å²) in [5.74, 6) is 1.09. The minimum atomic E-state index is -0.0515. The molecule has 0 saturated carbocycles. The molecule has 10 heteroatoms. The first-order valence-electron chi connectivity index (χ1n) is 11.0. The minimum Gasteiger partial charge on any atom is -0.326 e. The number of hydrogen-bond acceptors (Lipinski definition) is 8. The Labute approximate surface area is 195 Å². The van der Waals surface area contributed by atoms with Crippen LogP contribution in [0, 0.1) is 0 Å². The highest BCUT2D eigenvalue weighted by Gasteiger charge is 2.32. The average Bonchev–Trinajstić information content (AvgIpc) is 3.46. The van der Waals surface area contributed by atoms with Crippen LogP contribution in [0.1, 0.15) is 28.6 Å². The van der Waals surface area contributed by atoms with Crippen molar-refractivity contribution in [3.63, 3.8) is 0 Å². The van der Waals surface area contributed by atoms with Crippen LogP contribution in [0.25, 0.3) is 10.1 Å². The number of amides is 1. The second kappa shape index (κ2) is 7.82. The fourth-order valence-electron chi connectivity index (χ4n) is 4.59. The van der Waals surface area contributed by atoms with Crippen LogP contribution < -0.4 is 20.4 Å². The summed E-state index contributed by atoms with van der Waals surface area (Å²) in [6, 6.07) is 8.49. The van der Waals surface area contributed by atoms with Crippen molar-refractivity contribution in [1.82, 2.24) is 25.1 Å². The molecule has 33 heavy (non-hydrogen) atoms. The zero-order valence-corrected chi connectivity index (χ0v) is 19.3. The fourth-order valence-corrected chi connectivity index (χ4v) is 5.80. The number of hydrogen-bond donors (Lipinski definition) is 2. The molecule has 2 N–H and O–H groups in total. The molecule has 0 unspecified atom stereocenters. The molecular formula is C23H24N8OS. The van der Waals surface area contributed by atoms with Gasteiger partial charge in [-0.15, -0.1) is 11.3 Å².